The third kappa shape index (κ3) is 6.53. The van der Waals surface area contributed by atoms with E-state index in [4.69, 9.17) is 9.73 Å². The van der Waals surface area contributed by atoms with Gasteiger partial charge in [-0.05, 0) is 45.2 Å². The summed E-state index contributed by atoms with van der Waals surface area (Å²) in [5, 5.41) is 6.76. The molecule has 1 aliphatic rings. The van der Waals surface area contributed by atoms with Crippen molar-refractivity contribution in [2.75, 3.05) is 40.8 Å². The Balaban J connectivity index is 2.57. The lowest BCUT2D eigenvalue weighted by atomic mass is 9.89. The monoisotopic (exact) mass is 312 g/mol. The summed E-state index contributed by atoms with van der Waals surface area (Å²) in [6.45, 7) is 11.2. The Kier molecular flexibility index (Phi) is 7.63. The van der Waals surface area contributed by atoms with E-state index in [-0.39, 0.29) is 11.5 Å². The quantitative estimate of drug-likeness (QED) is 0.531. The van der Waals surface area contributed by atoms with Crippen molar-refractivity contribution in [1.82, 2.24) is 15.5 Å². The summed E-state index contributed by atoms with van der Waals surface area (Å²) in [6.07, 6.45) is 2.85. The van der Waals surface area contributed by atoms with Gasteiger partial charge in [-0.25, -0.2) is 0 Å². The lowest BCUT2D eigenvalue weighted by Crippen LogP contribution is -2.46. The van der Waals surface area contributed by atoms with E-state index < -0.39 is 0 Å². The van der Waals surface area contributed by atoms with Gasteiger partial charge in [0.2, 0.25) is 0 Å². The van der Waals surface area contributed by atoms with Crippen molar-refractivity contribution in [3.63, 3.8) is 0 Å². The fraction of sp³-hybridized carbons (Fsp3) is 0.941. The molecule has 5 heteroatoms. The van der Waals surface area contributed by atoms with Crippen LogP contribution in [0.1, 0.15) is 40.5 Å². The molecule has 1 aliphatic carbocycles. The summed E-state index contributed by atoms with van der Waals surface area (Å²) in [5.74, 6) is 1.71. The van der Waals surface area contributed by atoms with Crippen molar-refractivity contribution >= 4 is 5.96 Å². The van der Waals surface area contributed by atoms with Crippen LogP contribution in [-0.4, -0.2) is 63.8 Å². The van der Waals surface area contributed by atoms with E-state index >= 15 is 0 Å². The Bertz CT molecular complexity index is 343. The van der Waals surface area contributed by atoms with Gasteiger partial charge >= 0.3 is 0 Å². The van der Waals surface area contributed by atoms with E-state index in [1.165, 1.54) is 12.8 Å². The van der Waals surface area contributed by atoms with Crippen molar-refractivity contribution in [2.45, 2.75) is 52.7 Å². The van der Waals surface area contributed by atoms with Crippen LogP contribution >= 0.6 is 0 Å². The van der Waals surface area contributed by atoms with Crippen LogP contribution in [0.25, 0.3) is 0 Å². The molecule has 2 unspecified atom stereocenters. The Morgan fingerprint density at radius 1 is 1.27 bits per heavy atom. The zero-order chi connectivity index (χ0) is 16.8. The number of methoxy groups -OCH3 is 1. The molecule has 0 aromatic carbocycles. The van der Waals surface area contributed by atoms with Gasteiger partial charge in [0.15, 0.2) is 5.96 Å². The highest BCUT2D eigenvalue weighted by atomic mass is 16.5. The Hall–Kier alpha value is -0.810. The Morgan fingerprint density at radius 3 is 2.32 bits per heavy atom. The molecule has 1 fully saturated rings. The van der Waals surface area contributed by atoms with Gasteiger partial charge in [-0.3, -0.25) is 4.99 Å². The molecule has 1 saturated carbocycles. The maximum absolute atomic E-state index is 5.60. The van der Waals surface area contributed by atoms with E-state index in [1.54, 1.807) is 7.11 Å². The van der Waals surface area contributed by atoms with Crippen molar-refractivity contribution < 1.29 is 4.74 Å². The molecule has 0 heterocycles. The number of hydrogen-bond acceptors (Lipinski definition) is 3. The van der Waals surface area contributed by atoms with Gasteiger partial charge in [0.1, 0.15) is 0 Å². The van der Waals surface area contributed by atoms with Crippen LogP contribution in [0.4, 0.5) is 0 Å². The van der Waals surface area contributed by atoms with Crippen molar-refractivity contribution in [3.8, 4) is 0 Å². The fourth-order valence-electron chi connectivity index (χ4n) is 2.67. The highest BCUT2D eigenvalue weighted by Gasteiger charge is 2.32. The van der Waals surface area contributed by atoms with Gasteiger partial charge < -0.3 is 20.3 Å². The molecule has 130 valence electrons. The summed E-state index contributed by atoms with van der Waals surface area (Å²) in [7, 11) is 6.08. The minimum Gasteiger partial charge on any atom is -0.379 e. The minimum absolute atomic E-state index is 0.110. The molecule has 2 atom stereocenters. The fourth-order valence-corrected chi connectivity index (χ4v) is 2.67. The van der Waals surface area contributed by atoms with Crippen LogP contribution in [-0.2, 0) is 4.74 Å². The smallest absolute Gasteiger partial charge is 0.191 e. The molecule has 0 spiro atoms. The largest absolute Gasteiger partial charge is 0.379 e. The second kappa shape index (κ2) is 8.73. The highest BCUT2D eigenvalue weighted by molar-refractivity contribution is 5.79. The van der Waals surface area contributed by atoms with Crippen LogP contribution in [0.2, 0.25) is 0 Å². The molecule has 0 aromatic rings. The maximum atomic E-state index is 5.60. The number of guanidine groups is 1. The number of likely N-dealkylation sites (N-methyl/N-ethyl adjacent to an activating group) is 1. The Morgan fingerprint density at radius 2 is 1.91 bits per heavy atom. The molecular formula is C17H36N4O. The molecule has 0 saturated heterocycles. The first-order valence-electron chi connectivity index (χ1n) is 8.51. The molecule has 0 radical (unpaired) electrons. The zero-order valence-corrected chi connectivity index (χ0v) is 15.6. The summed E-state index contributed by atoms with van der Waals surface area (Å²) < 4.78 is 5.60. The van der Waals surface area contributed by atoms with Gasteiger partial charge in [0, 0.05) is 26.2 Å². The number of aliphatic imine (C=N–C) groups is 1. The first kappa shape index (κ1) is 19.2. The van der Waals surface area contributed by atoms with Crippen LogP contribution in [0, 0.1) is 11.3 Å². The Labute approximate surface area is 136 Å². The van der Waals surface area contributed by atoms with Gasteiger partial charge in [-0.2, -0.15) is 0 Å². The summed E-state index contributed by atoms with van der Waals surface area (Å²) in [6, 6.07) is 0.552. The molecule has 2 N–H and O–H groups in total. The number of ether oxygens (including phenoxy) is 1. The molecule has 5 nitrogen and oxygen atoms in total. The van der Waals surface area contributed by atoms with Crippen molar-refractivity contribution in [3.05, 3.63) is 0 Å². The number of rotatable bonds is 8. The third-order valence-electron chi connectivity index (χ3n) is 4.32. The average Bonchev–Trinajstić information content (AvgIpc) is 3.22. The van der Waals surface area contributed by atoms with E-state index in [2.05, 4.69) is 57.3 Å². The highest BCUT2D eigenvalue weighted by Crippen LogP contribution is 2.34. The van der Waals surface area contributed by atoms with E-state index in [9.17, 15) is 0 Å². The molecule has 22 heavy (non-hydrogen) atoms. The molecule has 0 aliphatic heterocycles. The van der Waals surface area contributed by atoms with Crippen molar-refractivity contribution in [1.29, 1.82) is 0 Å². The lowest BCUT2D eigenvalue weighted by molar-refractivity contribution is 0.0205. The second-order valence-electron chi connectivity index (χ2n) is 7.56. The summed E-state index contributed by atoms with van der Waals surface area (Å²) in [5.41, 5.74) is 0.110. The minimum atomic E-state index is 0.110. The topological polar surface area (TPSA) is 48.9 Å². The molecule has 0 aromatic heterocycles. The van der Waals surface area contributed by atoms with E-state index in [1.807, 2.05) is 0 Å². The van der Waals surface area contributed by atoms with Crippen LogP contribution in [0.15, 0.2) is 4.99 Å². The summed E-state index contributed by atoms with van der Waals surface area (Å²) in [4.78, 5) is 7.09. The number of nitrogens with one attached hydrogen (secondary N) is 2. The SMILES string of the molecule is CCNC(=NCC(C1CC1)N(C)C)NCC(OC)C(C)(C)C. The normalized spacial score (nSPS) is 19.2. The first-order valence-corrected chi connectivity index (χ1v) is 8.51. The predicted molar refractivity (Wildman–Crippen MR) is 94.4 cm³/mol. The van der Waals surface area contributed by atoms with Gasteiger partial charge in [0.05, 0.1) is 12.6 Å². The second-order valence-corrected chi connectivity index (χ2v) is 7.56. The van der Waals surface area contributed by atoms with E-state index in [0.29, 0.717) is 6.04 Å². The van der Waals surface area contributed by atoms with Gasteiger partial charge in [0.25, 0.3) is 0 Å². The third-order valence-corrected chi connectivity index (χ3v) is 4.32. The standard InChI is InChI=1S/C17H36N4O/c1-8-18-16(20-12-15(22-7)17(2,3)4)19-11-14(21(5)6)13-9-10-13/h13-15H,8-12H2,1-7H3,(H2,18,19,20). The molecule has 0 amide bonds. The average molecular weight is 313 g/mol. The van der Waals surface area contributed by atoms with Gasteiger partial charge in [-0.15, -0.1) is 0 Å². The maximum Gasteiger partial charge on any atom is 0.191 e. The van der Waals surface area contributed by atoms with Crippen LogP contribution in [0.5, 0.6) is 0 Å². The van der Waals surface area contributed by atoms with Crippen LogP contribution < -0.4 is 10.6 Å². The van der Waals surface area contributed by atoms with E-state index in [0.717, 1.165) is 31.5 Å². The predicted octanol–water partition coefficient (Wildman–Crippen LogP) is 1.94. The summed E-state index contributed by atoms with van der Waals surface area (Å²) >= 11 is 0. The first-order chi connectivity index (χ1) is 10.3. The zero-order valence-electron chi connectivity index (χ0n) is 15.6. The number of hydrogen-bond donors (Lipinski definition) is 2. The number of nitrogens with zero attached hydrogens (tertiary/aromatic N) is 2. The molecular weight excluding hydrogens is 276 g/mol. The van der Waals surface area contributed by atoms with Crippen LogP contribution in [0.3, 0.4) is 0 Å². The van der Waals surface area contributed by atoms with Crippen molar-refractivity contribution in [2.24, 2.45) is 16.3 Å². The molecule has 0 bridgehead atoms. The molecule has 1 rings (SSSR count). The van der Waals surface area contributed by atoms with Gasteiger partial charge in [-0.1, -0.05) is 20.8 Å². The lowest BCUT2D eigenvalue weighted by Gasteiger charge is -2.30.